The quantitative estimate of drug-likeness (QED) is 0.564. The fourth-order valence-corrected chi connectivity index (χ4v) is 1.43. The van der Waals surface area contributed by atoms with Crippen LogP contribution in [0.25, 0.3) is 10.8 Å². The van der Waals surface area contributed by atoms with Crippen molar-refractivity contribution < 1.29 is 21.9 Å². The molecule has 0 amide bonds. The molecule has 0 fully saturated rings. The van der Waals surface area contributed by atoms with Gasteiger partial charge in [-0.2, -0.15) is 0 Å². The number of carbonyl (C=O) groups excluding carboxylic acids is 1. The number of carbonyl (C=O) groups is 1. The van der Waals surface area contributed by atoms with E-state index in [9.17, 15) is 4.79 Å². The van der Waals surface area contributed by atoms with Crippen molar-refractivity contribution in [3.63, 3.8) is 0 Å². The van der Waals surface area contributed by atoms with E-state index in [1.54, 1.807) is 12.1 Å². The number of fused-ring (bicyclic) bond motifs is 1. The smallest absolute Gasteiger partial charge is 0.252 e. The van der Waals surface area contributed by atoms with Gasteiger partial charge < -0.3 is 0 Å². The third-order valence-electron chi connectivity index (χ3n) is 1.98. The van der Waals surface area contributed by atoms with E-state index in [0.717, 1.165) is 10.8 Å². The van der Waals surface area contributed by atoms with Crippen LogP contribution in [0.4, 0.5) is 0 Å². The molecule has 0 saturated heterocycles. The Kier molecular flexibility index (Phi) is 3.70. The average molecular weight is 254 g/mol. The molecular formula is C11H7ClCuO. The van der Waals surface area contributed by atoms with Crippen LogP contribution < -0.4 is 0 Å². The van der Waals surface area contributed by atoms with Crippen LogP contribution in [0.1, 0.15) is 10.4 Å². The number of halogens is 1. The summed E-state index contributed by atoms with van der Waals surface area (Å²) in [6.45, 7) is 0. The van der Waals surface area contributed by atoms with Crippen LogP contribution in [0, 0.1) is 0 Å². The fraction of sp³-hybridized carbons (Fsp3) is 0. The average Bonchev–Trinajstić information content (AvgIpc) is 2.17. The number of benzene rings is 2. The second-order valence-electron chi connectivity index (χ2n) is 2.84. The number of rotatable bonds is 1. The van der Waals surface area contributed by atoms with E-state index in [2.05, 4.69) is 0 Å². The Morgan fingerprint density at radius 3 is 2.29 bits per heavy atom. The van der Waals surface area contributed by atoms with Crippen molar-refractivity contribution in [2.75, 3.05) is 0 Å². The molecule has 0 bridgehead atoms. The van der Waals surface area contributed by atoms with Gasteiger partial charge in [-0.25, -0.2) is 0 Å². The molecule has 0 spiro atoms. The van der Waals surface area contributed by atoms with Gasteiger partial charge in [0.05, 0.1) is 0 Å². The summed E-state index contributed by atoms with van der Waals surface area (Å²) in [6.07, 6.45) is 0. The standard InChI is InChI=1S/C11H7ClO.Cu/c12-11(13)10-6-5-8-3-1-2-4-9(8)7-10;/h1-7H;. The minimum Gasteiger partial charge on any atom is -0.276 e. The Hall–Kier alpha value is -0.821. The van der Waals surface area contributed by atoms with Gasteiger partial charge in [-0.1, -0.05) is 30.3 Å². The Balaban J connectivity index is 0.000000980. The van der Waals surface area contributed by atoms with Crippen molar-refractivity contribution in [2.45, 2.75) is 0 Å². The Bertz CT molecular complexity index is 468. The van der Waals surface area contributed by atoms with Gasteiger partial charge in [-0.3, -0.25) is 4.79 Å². The van der Waals surface area contributed by atoms with Gasteiger partial charge in [0.15, 0.2) is 0 Å². The molecule has 2 aromatic rings. The van der Waals surface area contributed by atoms with E-state index in [-0.39, 0.29) is 17.1 Å². The van der Waals surface area contributed by atoms with Gasteiger partial charge in [-0.05, 0) is 34.5 Å². The van der Waals surface area contributed by atoms with E-state index in [0.29, 0.717) is 5.56 Å². The Morgan fingerprint density at radius 2 is 1.64 bits per heavy atom. The molecule has 2 aromatic carbocycles. The van der Waals surface area contributed by atoms with Gasteiger partial charge in [0.2, 0.25) is 0 Å². The molecule has 0 atom stereocenters. The van der Waals surface area contributed by atoms with Crippen molar-refractivity contribution in [3.8, 4) is 0 Å². The van der Waals surface area contributed by atoms with Gasteiger partial charge >= 0.3 is 0 Å². The summed E-state index contributed by atoms with van der Waals surface area (Å²) in [6, 6.07) is 13.3. The largest absolute Gasteiger partial charge is 0.276 e. The van der Waals surface area contributed by atoms with Gasteiger partial charge in [0, 0.05) is 22.6 Å². The molecule has 0 aliphatic carbocycles. The summed E-state index contributed by atoms with van der Waals surface area (Å²) < 4.78 is 0. The van der Waals surface area contributed by atoms with Crippen LogP contribution in [-0.2, 0) is 17.1 Å². The summed E-state index contributed by atoms with van der Waals surface area (Å²) >= 11 is 5.36. The summed E-state index contributed by atoms with van der Waals surface area (Å²) in [5.41, 5.74) is 0.542. The van der Waals surface area contributed by atoms with Crippen molar-refractivity contribution in [1.82, 2.24) is 0 Å². The molecular weight excluding hydrogens is 247 g/mol. The first kappa shape index (κ1) is 11.3. The zero-order valence-electron chi connectivity index (χ0n) is 7.13. The maximum atomic E-state index is 10.9. The van der Waals surface area contributed by atoms with Crippen LogP contribution >= 0.6 is 11.6 Å². The maximum Gasteiger partial charge on any atom is 0.252 e. The first-order chi connectivity index (χ1) is 6.27. The minimum absolute atomic E-state index is 0. The van der Waals surface area contributed by atoms with Crippen molar-refractivity contribution >= 4 is 27.6 Å². The molecule has 0 heterocycles. The van der Waals surface area contributed by atoms with Gasteiger partial charge in [0.1, 0.15) is 0 Å². The normalized spacial score (nSPS) is 9.50. The van der Waals surface area contributed by atoms with Crippen molar-refractivity contribution in [2.24, 2.45) is 0 Å². The molecule has 1 radical (unpaired) electrons. The zero-order valence-corrected chi connectivity index (χ0v) is 8.83. The molecule has 0 aliphatic rings. The molecule has 0 saturated carbocycles. The molecule has 0 aliphatic heterocycles. The number of hydrogen-bond donors (Lipinski definition) is 0. The first-order valence-electron chi connectivity index (χ1n) is 3.96. The third-order valence-corrected chi connectivity index (χ3v) is 2.19. The molecule has 3 heteroatoms. The van der Waals surface area contributed by atoms with Crippen LogP contribution in [0.15, 0.2) is 42.5 Å². The molecule has 0 N–H and O–H groups in total. The van der Waals surface area contributed by atoms with E-state index in [1.165, 1.54) is 0 Å². The van der Waals surface area contributed by atoms with E-state index in [4.69, 9.17) is 11.6 Å². The Morgan fingerprint density at radius 1 is 1.00 bits per heavy atom. The molecule has 0 unspecified atom stereocenters. The molecule has 14 heavy (non-hydrogen) atoms. The summed E-state index contributed by atoms with van der Waals surface area (Å²) in [7, 11) is 0. The van der Waals surface area contributed by atoms with E-state index in [1.807, 2.05) is 30.3 Å². The van der Waals surface area contributed by atoms with E-state index < -0.39 is 5.24 Å². The minimum atomic E-state index is -0.411. The summed E-state index contributed by atoms with van der Waals surface area (Å²) in [4.78, 5) is 10.9. The predicted molar refractivity (Wildman–Crippen MR) is 54.1 cm³/mol. The fourth-order valence-electron chi connectivity index (χ4n) is 1.31. The molecule has 2 rings (SSSR count). The maximum absolute atomic E-state index is 10.9. The second kappa shape index (κ2) is 4.61. The molecule has 0 aromatic heterocycles. The number of hydrogen-bond acceptors (Lipinski definition) is 1. The van der Waals surface area contributed by atoms with Crippen LogP contribution in [0.3, 0.4) is 0 Å². The van der Waals surface area contributed by atoms with Crippen molar-refractivity contribution in [3.05, 3.63) is 48.0 Å². The van der Waals surface area contributed by atoms with Crippen LogP contribution in [0.5, 0.6) is 0 Å². The molecule has 1 nitrogen and oxygen atoms in total. The summed E-state index contributed by atoms with van der Waals surface area (Å²) in [5.74, 6) is 0. The molecule has 75 valence electrons. The van der Waals surface area contributed by atoms with Gasteiger partial charge in [0.25, 0.3) is 5.24 Å². The third kappa shape index (κ3) is 2.16. The SMILES string of the molecule is O=C(Cl)c1ccc2ccccc2c1.[Cu]. The van der Waals surface area contributed by atoms with Gasteiger partial charge in [-0.15, -0.1) is 0 Å². The second-order valence-corrected chi connectivity index (χ2v) is 3.18. The zero-order chi connectivity index (χ0) is 9.26. The van der Waals surface area contributed by atoms with E-state index >= 15 is 0 Å². The monoisotopic (exact) mass is 253 g/mol. The van der Waals surface area contributed by atoms with Crippen molar-refractivity contribution in [1.29, 1.82) is 0 Å². The summed E-state index contributed by atoms with van der Waals surface area (Å²) in [5, 5.41) is 1.74. The topological polar surface area (TPSA) is 17.1 Å². The Labute approximate surface area is 97.5 Å². The van der Waals surface area contributed by atoms with Crippen LogP contribution in [-0.4, -0.2) is 5.24 Å². The predicted octanol–water partition coefficient (Wildman–Crippen LogP) is 3.22. The van der Waals surface area contributed by atoms with Crippen LogP contribution in [0.2, 0.25) is 0 Å². The first-order valence-corrected chi connectivity index (χ1v) is 4.34.